The lowest BCUT2D eigenvalue weighted by Crippen LogP contribution is -2.09. The fraction of sp³-hybridized carbons (Fsp3) is 0.455. The zero-order valence-corrected chi connectivity index (χ0v) is 9.65. The first kappa shape index (κ1) is 12.3. The van der Waals surface area contributed by atoms with E-state index in [1.807, 2.05) is 0 Å². The van der Waals surface area contributed by atoms with Crippen molar-refractivity contribution in [1.29, 1.82) is 0 Å². The van der Waals surface area contributed by atoms with Gasteiger partial charge in [0.05, 0.1) is 32.9 Å². The van der Waals surface area contributed by atoms with Crippen molar-refractivity contribution in [2.45, 2.75) is 13.3 Å². The molecule has 5 heteroatoms. The van der Waals surface area contributed by atoms with Gasteiger partial charge in [0, 0.05) is 0 Å². The Kier molecular flexibility index (Phi) is 4.57. The number of carbonyl (C=O) groups excluding carboxylic acids is 1. The van der Waals surface area contributed by atoms with Gasteiger partial charge in [0.15, 0.2) is 5.75 Å². The van der Waals surface area contributed by atoms with Gasteiger partial charge < -0.3 is 14.2 Å². The van der Waals surface area contributed by atoms with Gasteiger partial charge in [0.1, 0.15) is 0 Å². The number of hydrogen-bond donors (Lipinski definition) is 0. The highest BCUT2D eigenvalue weighted by atomic mass is 16.5. The summed E-state index contributed by atoms with van der Waals surface area (Å²) >= 11 is 0. The number of carbonyl (C=O) groups is 1. The highest BCUT2D eigenvalue weighted by molar-refractivity contribution is 5.72. The number of methoxy groups -OCH3 is 2. The summed E-state index contributed by atoms with van der Waals surface area (Å²) in [5.41, 5.74) is 0.594. The van der Waals surface area contributed by atoms with E-state index in [0.29, 0.717) is 23.9 Å². The van der Waals surface area contributed by atoms with Gasteiger partial charge in [-0.25, -0.2) is 4.98 Å². The molecular formula is C11H15NO4. The number of rotatable bonds is 5. The SMILES string of the molecule is CCOC(=O)Cc1ccc(OC)c(OC)n1. The monoisotopic (exact) mass is 225 g/mol. The van der Waals surface area contributed by atoms with Gasteiger partial charge in [-0.15, -0.1) is 0 Å². The maximum Gasteiger partial charge on any atom is 0.311 e. The number of aromatic nitrogens is 1. The lowest BCUT2D eigenvalue weighted by Gasteiger charge is -2.07. The van der Waals surface area contributed by atoms with Crippen LogP contribution in [0.25, 0.3) is 0 Å². The molecule has 0 unspecified atom stereocenters. The maximum atomic E-state index is 11.2. The van der Waals surface area contributed by atoms with E-state index in [4.69, 9.17) is 14.2 Å². The van der Waals surface area contributed by atoms with Crippen LogP contribution in [0.3, 0.4) is 0 Å². The van der Waals surface area contributed by atoms with E-state index in [1.54, 1.807) is 19.1 Å². The molecule has 0 aromatic carbocycles. The Bertz CT molecular complexity index is 365. The number of hydrogen-bond acceptors (Lipinski definition) is 5. The third-order valence-electron chi connectivity index (χ3n) is 1.93. The summed E-state index contributed by atoms with van der Waals surface area (Å²) in [6.07, 6.45) is 0.133. The van der Waals surface area contributed by atoms with Crippen LogP contribution in [0.4, 0.5) is 0 Å². The molecular weight excluding hydrogens is 210 g/mol. The van der Waals surface area contributed by atoms with E-state index in [0.717, 1.165) is 0 Å². The van der Waals surface area contributed by atoms with Crippen molar-refractivity contribution in [2.24, 2.45) is 0 Å². The molecule has 1 aromatic heterocycles. The predicted molar refractivity (Wildman–Crippen MR) is 57.7 cm³/mol. The molecule has 5 nitrogen and oxygen atoms in total. The molecule has 0 fully saturated rings. The lowest BCUT2D eigenvalue weighted by atomic mass is 10.2. The minimum atomic E-state index is -0.304. The lowest BCUT2D eigenvalue weighted by molar-refractivity contribution is -0.142. The average Bonchev–Trinajstić information content (AvgIpc) is 2.29. The summed E-state index contributed by atoms with van der Waals surface area (Å²) in [6, 6.07) is 3.42. The molecule has 0 aliphatic heterocycles. The summed E-state index contributed by atoms with van der Waals surface area (Å²) in [4.78, 5) is 15.4. The Balaban J connectivity index is 2.78. The van der Waals surface area contributed by atoms with Gasteiger partial charge in [-0.1, -0.05) is 0 Å². The van der Waals surface area contributed by atoms with E-state index in [2.05, 4.69) is 4.98 Å². The van der Waals surface area contributed by atoms with Crippen LogP contribution < -0.4 is 9.47 Å². The third kappa shape index (κ3) is 3.12. The standard InChI is InChI=1S/C11H15NO4/c1-4-16-10(13)7-8-5-6-9(14-2)11(12-8)15-3/h5-6H,4,7H2,1-3H3. The van der Waals surface area contributed by atoms with Crippen LogP contribution in [0.5, 0.6) is 11.6 Å². The molecule has 0 atom stereocenters. The molecule has 0 bridgehead atoms. The molecule has 0 saturated heterocycles. The molecule has 1 aromatic rings. The number of pyridine rings is 1. The average molecular weight is 225 g/mol. The van der Waals surface area contributed by atoms with Crippen LogP contribution in [0, 0.1) is 0 Å². The van der Waals surface area contributed by atoms with Gasteiger partial charge in [0.2, 0.25) is 0 Å². The van der Waals surface area contributed by atoms with E-state index in [-0.39, 0.29) is 12.4 Å². The first-order valence-electron chi connectivity index (χ1n) is 4.94. The van der Waals surface area contributed by atoms with Crippen LogP contribution in [-0.4, -0.2) is 31.8 Å². The first-order valence-corrected chi connectivity index (χ1v) is 4.94. The fourth-order valence-corrected chi connectivity index (χ4v) is 1.23. The molecule has 0 N–H and O–H groups in total. The van der Waals surface area contributed by atoms with Crippen molar-refractivity contribution >= 4 is 5.97 Å². The summed E-state index contributed by atoms with van der Waals surface area (Å²) in [7, 11) is 3.03. The zero-order chi connectivity index (χ0) is 12.0. The number of ether oxygens (including phenoxy) is 3. The van der Waals surface area contributed by atoms with E-state index in [1.165, 1.54) is 14.2 Å². The molecule has 0 radical (unpaired) electrons. The normalized spacial score (nSPS) is 9.69. The van der Waals surface area contributed by atoms with Crippen LogP contribution in [-0.2, 0) is 16.0 Å². The highest BCUT2D eigenvalue weighted by Crippen LogP contribution is 2.23. The maximum absolute atomic E-state index is 11.2. The third-order valence-corrected chi connectivity index (χ3v) is 1.93. The molecule has 0 spiro atoms. The second kappa shape index (κ2) is 5.95. The van der Waals surface area contributed by atoms with Crippen molar-refractivity contribution in [1.82, 2.24) is 4.98 Å². The molecule has 88 valence electrons. The summed E-state index contributed by atoms with van der Waals surface area (Å²) < 4.78 is 14.9. The van der Waals surface area contributed by atoms with Gasteiger partial charge in [-0.3, -0.25) is 4.79 Å². The van der Waals surface area contributed by atoms with Crippen molar-refractivity contribution in [3.63, 3.8) is 0 Å². The summed E-state index contributed by atoms with van der Waals surface area (Å²) in [5, 5.41) is 0. The Morgan fingerprint density at radius 1 is 1.31 bits per heavy atom. The predicted octanol–water partition coefficient (Wildman–Crippen LogP) is 1.20. The Morgan fingerprint density at radius 3 is 2.62 bits per heavy atom. The van der Waals surface area contributed by atoms with Crippen molar-refractivity contribution in [3.8, 4) is 11.6 Å². The first-order chi connectivity index (χ1) is 7.71. The second-order valence-electron chi connectivity index (χ2n) is 3.00. The Labute approximate surface area is 94.3 Å². The molecule has 0 saturated carbocycles. The van der Waals surface area contributed by atoms with Crippen LogP contribution in [0.15, 0.2) is 12.1 Å². The van der Waals surface area contributed by atoms with Crippen molar-refractivity contribution in [3.05, 3.63) is 17.8 Å². The second-order valence-corrected chi connectivity index (χ2v) is 3.00. The summed E-state index contributed by atoms with van der Waals surface area (Å²) in [5.74, 6) is 0.599. The van der Waals surface area contributed by atoms with Gasteiger partial charge >= 0.3 is 5.97 Å². The van der Waals surface area contributed by atoms with E-state index >= 15 is 0 Å². The quantitative estimate of drug-likeness (QED) is 0.705. The smallest absolute Gasteiger partial charge is 0.311 e. The van der Waals surface area contributed by atoms with E-state index < -0.39 is 0 Å². The van der Waals surface area contributed by atoms with Gasteiger partial charge in [0.25, 0.3) is 5.88 Å². The van der Waals surface area contributed by atoms with Crippen LogP contribution in [0.1, 0.15) is 12.6 Å². The summed E-state index contributed by atoms with van der Waals surface area (Å²) in [6.45, 7) is 2.13. The number of esters is 1. The Morgan fingerprint density at radius 2 is 2.06 bits per heavy atom. The van der Waals surface area contributed by atoms with Crippen molar-refractivity contribution in [2.75, 3.05) is 20.8 Å². The molecule has 1 rings (SSSR count). The largest absolute Gasteiger partial charge is 0.491 e. The van der Waals surface area contributed by atoms with Crippen LogP contribution in [0.2, 0.25) is 0 Å². The highest BCUT2D eigenvalue weighted by Gasteiger charge is 2.10. The molecule has 1 heterocycles. The fourth-order valence-electron chi connectivity index (χ4n) is 1.23. The zero-order valence-electron chi connectivity index (χ0n) is 9.65. The molecule has 0 aliphatic carbocycles. The van der Waals surface area contributed by atoms with Gasteiger partial charge in [-0.05, 0) is 19.1 Å². The topological polar surface area (TPSA) is 57.7 Å². The minimum Gasteiger partial charge on any atom is -0.491 e. The van der Waals surface area contributed by atoms with Gasteiger partial charge in [-0.2, -0.15) is 0 Å². The van der Waals surface area contributed by atoms with Crippen LogP contribution >= 0.6 is 0 Å². The minimum absolute atomic E-state index is 0.133. The van der Waals surface area contributed by atoms with Crippen molar-refractivity contribution < 1.29 is 19.0 Å². The van der Waals surface area contributed by atoms with E-state index in [9.17, 15) is 4.79 Å². The molecule has 0 amide bonds. The molecule has 0 aliphatic rings. The Hall–Kier alpha value is -1.78. The number of nitrogens with zero attached hydrogens (tertiary/aromatic N) is 1. The molecule has 16 heavy (non-hydrogen) atoms.